The zero-order valence-electron chi connectivity index (χ0n) is 9.89. The van der Waals surface area contributed by atoms with E-state index in [2.05, 4.69) is 18.7 Å². The van der Waals surface area contributed by atoms with Crippen LogP contribution in [-0.2, 0) is 0 Å². The SMILES string of the molecule is CC(C)CN1CCC2(CCCCC2)C1. The molecule has 0 unspecified atom stereocenters. The van der Waals surface area contributed by atoms with E-state index in [-0.39, 0.29) is 0 Å². The molecule has 1 saturated carbocycles. The van der Waals surface area contributed by atoms with Gasteiger partial charge >= 0.3 is 0 Å². The number of nitrogens with zero attached hydrogens (tertiary/aromatic N) is 1. The van der Waals surface area contributed by atoms with Crippen molar-refractivity contribution in [3.05, 3.63) is 0 Å². The Morgan fingerprint density at radius 1 is 1.07 bits per heavy atom. The molecule has 0 aromatic rings. The fraction of sp³-hybridized carbons (Fsp3) is 1.00. The van der Waals surface area contributed by atoms with Gasteiger partial charge in [-0.25, -0.2) is 0 Å². The molecule has 1 heteroatoms. The molecule has 1 nitrogen and oxygen atoms in total. The predicted molar refractivity (Wildman–Crippen MR) is 61.4 cm³/mol. The van der Waals surface area contributed by atoms with E-state index >= 15 is 0 Å². The van der Waals surface area contributed by atoms with E-state index in [1.807, 2.05) is 0 Å². The summed E-state index contributed by atoms with van der Waals surface area (Å²) in [6.45, 7) is 8.78. The Hall–Kier alpha value is -0.0400. The lowest BCUT2D eigenvalue weighted by atomic mass is 9.73. The van der Waals surface area contributed by atoms with Gasteiger partial charge in [-0.05, 0) is 37.1 Å². The molecule has 82 valence electrons. The molecule has 2 rings (SSSR count). The molecule has 1 saturated heterocycles. The van der Waals surface area contributed by atoms with Gasteiger partial charge in [-0.1, -0.05) is 33.1 Å². The van der Waals surface area contributed by atoms with Crippen LogP contribution in [0.4, 0.5) is 0 Å². The van der Waals surface area contributed by atoms with Crippen molar-refractivity contribution in [1.29, 1.82) is 0 Å². The van der Waals surface area contributed by atoms with Crippen LogP contribution < -0.4 is 0 Å². The first kappa shape index (κ1) is 10.5. The summed E-state index contributed by atoms with van der Waals surface area (Å²) < 4.78 is 0. The van der Waals surface area contributed by atoms with Crippen LogP contribution in [-0.4, -0.2) is 24.5 Å². The van der Waals surface area contributed by atoms with E-state index in [1.165, 1.54) is 58.2 Å². The fourth-order valence-electron chi connectivity index (χ4n) is 3.41. The Balaban J connectivity index is 1.86. The summed E-state index contributed by atoms with van der Waals surface area (Å²) in [5, 5.41) is 0. The van der Waals surface area contributed by atoms with Crippen LogP contribution in [0.2, 0.25) is 0 Å². The van der Waals surface area contributed by atoms with Gasteiger partial charge in [0.05, 0.1) is 0 Å². The van der Waals surface area contributed by atoms with Gasteiger partial charge in [-0.2, -0.15) is 0 Å². The van der Waals surface area contributed by atoms with E-state index < -0.39 is 0 Å². The molecule has 0 aromatic carbocycles. The third kappa shape index (κ3) is 2.31. The van der Waals surface area contributed by atoms with Crippen LogP contribution in [0.3, 0.4) is 0 Å². The fourth-order valence-corrected chi connectivity index (χ4v) is 3.41. The van der Waals surface area contributed by atoms with Gasteiger partial charge in [-0.15, -0.1) is 0 Å². The molecule has 2 fully saturated rings. The maximum atomic E-state index is 2.70. The van der Waals surface area contributed by atoms with Crippen molar-refractivity contribution in [3.63, 3.8) is 0 Å². The van der Waals surface area contributed by atoms with Crippen LogP contribution in [0, 0.1) is 11.3 Å². The zero-order valence-corrected chi connectivity index (χ0v) is 9.89. The summed E-state index contributed by atoms with van der Waals surface area (Å²) in [4.78, 5) is 2.70. The second kappa shape index (κ2) is 4.22. The summed E-state index contributed by atoms with van der Waals surface area (Å²) in [6.07, 6.45) is 9.00. The highest BCUT2D eigenvalue weighted by Crippen LogP contribution is 2.43. The number of likely N-dealkylation sites (tertiary alicyclic amines) is 1. The summed E-state index contributed by atoms with van der Waals surface area (Å²) >= 11 is 0. The molecule has 0 bridgehead atoms. The first-order chi connectivity index (χ1) is 6.70. The average Bonchev–Trinajstić information content (AvgIpc) is 2.49. The van der Waals surface area contributed by atoms with E-state index in [0.29, 0.717) is 0 Å². The second-order valence-electron chi connectivity index (χ2n) is 5.94. The Morgan fingerprint density at radius 2 is 1.79 bits per heavy atom. The minimum absolute atomic E-state index is 0.757. The molecule has 14 heavy (non-hydrogen) atoms. The Bertz CT molecular complexity index is 180. The van der Waals surface area contributed by atoms with Crippen LogP contribution in [0.15, 0.2) is 0 Å². The lowest BCUT2D eigenvalue weighted by molar-refractivity contribution is 0.180. The third-order valence-corrected chi connectivity index (χ3v) is 4.05. The third-order valence-electron chi connectivity index (χ3n) is 4.05. The van der Waals surface area contributed by atoms with Crippen LogP contribution >= 0.6 is 0 Å². The molecule has 1 heterocycles. The molecule has 0 aromatic heterocycles. The summed E-state index contributed by atoms with van der Waals surface area (Å²) in [7, 11) is 0. The number of hydrogen-bond acceptors (Lipinski definition) is 1. The van der Waals surface area contributed by atoms with Crippen LogP contribution in [0.1, 0.15) is 52.4 Å². The standard InChI is InChI=1S/C13H25N/c1-12(2)10-14-9-8-13(11-14)6-4-3-5-7-13/h12H,3-11H2,1-2H3. The van der Waals surface area contributed by atoms with E-state index in [9.17, 15) is 0 Å². The molecule has 1 aliphatic heterocycles. The maximum Gasteiger partial charge on any atom is 0.00386 e. The summed E-state index contributed by atoms with van der Waals surface area (Å²) in [5.41, 5.74) is 0.757. The molecule has 0 amide bonds. The van der Waals surface area contributed by atoms with Crippen molar-refractivity contribution < 1.29 is 0 Å². The zero-order chi connectivity index (χ0) is 10.0. The van der Waals surface area contributed by atoms with Crippen molar-refractivity contribution >= 4 is 0 Å². The Morgan fingerprint density at radius 3 is 2.43 bits per heavy atom. The van der Waals surface area contributed by atoms with Crippen molar-refractivity contribution in [2.75, 3.05) is 19.6 Å². The van der Waals surface area contributed by atoms with Gasteiger partial charge in [0, 0.05) is 13.1 Å². The van der Waals surface area contributed by atoms with Crippen molar-refractivity contribution in [2.45, 2.75) is 52.4 Å². The van der Waals surface area contributed by atoms with E-state index in [0.717, 1.165) is 11.3 Å². The normalized spacial score (nSPS) is 27.6. The highest BCUT2D eigenvalue weighted by atomic mass is 15.2. The lowest BCUT2D eigenvalue weighted by Gasteiger charge is -2.33. The molecule has 0 atom stereocenters. The molecule has 1 spiro atoms. The molecule has 0 radical (unpaired) electrons. The Kier molecular flexibility index (Phi) is 3.16. The van der Waals surface area contributed by atoms with E-state index in [4.69, 9.17) is 0 Å². The molecular formula is C13H25N. The molecule has 0 N–H and O–H groups in total. The molecule has 1 aliphatic carbocycles. The van der Waals surface area contributed by atoms with Gasteiger partial charge in [0.15, 0.2) is 0 Å². The summed E-state index contributed by atoms with van der Waals surface area (Å²) in [5.74, 6) is 0.841. The largest absolute Gasteiger partial charge is 0.303 e. The highest BCUT2D eigenvalue weighted by molar-refractivity contribution is 4.91. The van der Waals surface area contributed by atoms with Crippen LogP contribution in [0.25, 0.3) is 0 Å². The highest BCUT2D eigenvalue weighted by Gasteiger charge is 2.38. The van der Waals surface area contributed by atoms with Gasteiger partial charge in [0.25, 0.3) is 0 Å². The second-order valence-corrected chi connectivity index (χ2v) is 5.94. The predicted octanol–water partition coefficient (Wildman–Crippen LogP) is 3.30. The molecule has 2 aliphatic rings. The smallest absolute Gasteiger partial charge is 0.00386 e. The maximum absolute atomic E-state index is 2.70. The van der Waals surface area contributed by atoms with E-state index in [1.54, 1.807) is 0 Å². The van der Waals surface area contributed by atoms with Crippen LogP contribution in [0.5, 0.6) is 0 Å². The lowest BCUT2D eigenvalue weighted by Crippen LogP contribution is -2.31. The van der Waals surface area contributed by atoms with Crippen molar-refractivity contribution in [3.8, 4) is 0 Å². The topological polar surface area (TPSA) is 3.24 Å². The van der Waals surface area contributed by atoms with Gasteiger partial charge in [0.1, 0.15) is 0 Å². The minimum Gasteiger partial charge on any atom is -0.303 e. The number of hydrogen-bond donors (Lipinski definition) is 0. The van der Waals surface area contributed by atoms with Gasteiger partial charge in [-0.3, -0.25) is 0 Å². The monoisotopic (exact) mass is 195 g/mol. The summed E-state index contributed by atoms with van der Waals surface area (Å²) in [6, 6.07) is 0. The number of rotatable bonds is 2. The van der Waals surface area contributed by atoms with Gasteiger partial charge < -0.3 is 4.90 Å². The van der Waals surface area contributed by atoms with Crippen molar-refractivity contribution in [1.82, 2.24) is 4.90 Å². The van der Waals surface area contributed by atoms with Crippen molar-refractivity contribution in [2.24, 2.45) is 11.3 Å². The average molecular weight is 195 g/mol. The minimum atomic E-state index is 0.757. The first-order valence-electron chi connectivity index (χ1n) is 6.43. The Labute approximate surface area is 88.9 Å². The quantitative estimate of drug-likeness (QED) is 0.653. The molecular weight excluding hydrogens is 170 g/mol. The van der Waals surface area contributed by atoms with Gasteiger partial charge in [0.2, 0.25) is 0 Å². The first-order valence-corrected chi connectivity index (χ1v) is 6.43.